The van der Waals surface area contributed by atoms with Gasteiger partial charge in [-0.3, -0.25) is 10.1 Å². The Hall–Kier alpha value is -1.11. The van der Waals surface area contributed by atoms with E-state index in [1.165, 1.54) is 0 Å². The first-order valence-corrected chi connectivity index (χ1v) is 3.23. The zero-order chi connectivity index (χ0) is 10.0. The molecule has 0 aliphatic heterocycles. The third kappa shape index (κ3) is 2.69. The Morgan fingerprint density at radius 3 is 2.43 bits per heavy atom. The van der Waals surface area contributed by atoms with Crippen molar-refractivity contribution in [3.05, 3.63) is 33.9 Å². The quantitative estimate of drug-likeness (QED) is 0.414. The second-order valence-electron chi connectivity index (χ2n) is 2.27. The number of nitrogens with zero attached hydrogens (tertiary/aromatic N) is 1. The van der Waals surface area contributed by atoms with Crippen molar-refractivity contribution in [2.75, 3.05) is 0 Å². The normalized spacial score (nSPS) is 8.86. The van der Waals surface area contributed by atoms with Gasteiger partial charge in [-0.15, -0.1) is 0 Å². The molecule has 0 spiro atoms. The number of benzene rings is 1. The summed E-state index contributed by atoms with van der Waals surface area (Å²) in [6, 6.07) is 2.86. The van der Waals surface area contributed by atoms with Crippen LogP contribution in [0, 0.1) is 10.1 Å². The second-order valence-corrected chi connectivity index (χ2v) is 2.27. The molecule has 0 aliphatic carbocycles. The first kappa shape index (κ1) is 12.9. The Labute approximate surface area is 101 Å². The van der Waals surface area contributed by atoms with Gasteiger partial charge in [-0.25, -0.2) is 4.79 Å². The van der Waals surface area contributed by atoms with Crippen LogP contribution in [-0.2, 0) is 0 Å². The molecule has 2 N–H and O–H groups in total. The molecule has 0 amide bonds. The number of aromatic carboxylic acids is 1. The van der Waals surface area contributed by atoms with Crippen molar-refractivity contribution in [3.8, 4) is 5.75 Å². The third-order valence-corrected chi connectivity index (χ3v) is 1.42. The molecule has 1 aromatic carbocycles. The van der Waals surface area contributed by atoms with Crippen molar-refractivity contribution in [1.82, 2.24) is 0 Å². The van der Waals surface area contributed by atoms with E-state index in [0.717, 1.165) is 18.2 Å². The fourth-order valence-electron chi connectivity index (χ4n) is 0.803. The van der Waals surface area contributed by atoms with Crippen LogP contribution in [0.3, 0.4) is 0 Å². The number of carboxylic acids is 1. The van der Waals surface area contributed by atoms with E-state index in [4.69, 9.17) is 10.2 Å². The van der Waals surface area contributed by atoms with Crippen molar-refractivity contribution in [2.24, 2.45) is 0 Å². The van der Waals surface area contributed by atoms with Crippen molar-refractivity contribution in [1.29, 1.82) is 0 Å². The van der Waals surface area contributed by atoms with Gasteiger partial charge in [-0.1, -0.05) is 0 Å². The van der Waals surface area contributed by atoms with Crippen LogP contribution < -0.4 is 0 Å². The molecule has 0 saturated heterocycles. The Morgan fingerprint density at radius 1 is 1.43 bits per heavy atom. The molecule has 1 rings (SSSR count). The van der Waals surface area contributed by atoms with Gasteiger partial charge < -0.3 is 10.2 Å². The number of carbonyl (C=O) groups is 1. The summed E-state index contributed by atoms with van der Waals surface area (Å²) in [6.07, 6.45) is 0. The van der Waals surface area contributed by atoms with Gasteiger partial charge in [-0.05, 0) is 12.1 Å². The predicted octanol–water partition coefficient (Wildman–Crippen LogP) is 0.350. The molecule has 14 heavy (non-hydrogen) atoms. The fourth-order valence-corrected chi connectivity index (χ4v) is 0.803. The number of nitro groups is 1. The molecule has 0 unspecified atom stereocenters. The van der Waals surface area contributed by atoms with E-state index in [0.29, 0.717) is 0 Å². The number of aromatic hydroxyl groups is 1. The van der Waals surface area contributed by atoms with Gasteiger partial charge in [-0.2, -0.15) is 0 Å². The summed E-state index contributed by atoms with van der Waals surface area (Å²) in [7, 11) is 0. The van der Waals surface area contributed by atoms with Crippen molar-refractivity contribution < 1.29 is 19.9 Å². The summed E-state index contributed by atoms with van der Waals surface area (Å²) in [4.78, 5) is 19.8. The number of hydrogen-bond acceptors (Lipinski definition) is 4. The van der Waals surface area contributed by atoms with Gasteiger partial charge in [0.2, 0.25) is 0 Å². The number of phenolic OH excluding ortho intramolecular Hbond substituents is 1. The molecule has 0 aromatic heterocycles. The topological polar surface area (TPSA) is 101 Å². The molecule has 0 bridgehead atoms. The van der Waals surface area contributed by atoms with Crippen molar-refractivity contribution in [2.45, 2.75) is 0 Å². The first-order valence-electron chi connectivity index (χ1n) is 3.23. The summed E-state index contributed by atoms with van der Waals surface area (Å²) in [6.45, 7) is 0. The van der Waals surface area contributed by atoms with Gasteiger partial charge in [0.15, 0.2) is 5.75 Å². The van der Waals surface area contributed by atoms with Crippen LogP contribution in [0.5, 0.6) is 5.75 Å². The number of phenols is 1. The first-order chi connectivity index (χ1) is 6.02. The van der Waals surface area contributed by atoms with Crippen LogP contribution in [0.2, 0.25) is 0 Å². The maximum atomic E-state index is 10.4. The Morgan fingerprint density at radius 2 is 2.00 bits per heavy atom. The molecule has 0 radical (unpaired) electrons. The van der Waals surface area contributed by atoms with Crippen molar-refractivity contribution in [3.63, 3.8) is 0 Å². The van der Waals surface area contributed by atoms with E-state index in [9.17, 15) is 14.9 Å². The summed E-state index contributed by atoms with van der Waals surface area (Å²) in [5, 5.41) is 27.7. The average Bonchev–Trinajstić information content (AvgIpc) is 2.04. The van der Waals surface area contributed by atoms with Gasteiger partial charge in [0, 0.05) is 6.07 Å². The Bertz CT molecular complexity index is 378. The monoisotopic (exact) mass is 207 g/mol. The standard InChI is InChI=1S/C7H5NO5.Na.H/c9-6-2-1-4(7(10)11)3-5(6)8(12)13;;/h1-3,9H,(H,10,11);;. The molecule has 6 nitrogen and oxygen atoms in total. The molecule has 0 fully saturated rings. The van der Waals surface area contributed by atoms with E-state index in [1.807, 2.05) is 0 Å². The predicted molar refractivity (Wildman–Crippen MR) is 48.9 cm³/mol. The Balaban J connectivity index is 0.00000169. The molecule has 7 heteroatoms. The van der Waals surface area contributed by atoms with E-state index in [-0.39, 0.29) is 35.1 Å². The minimum absolute atomic E-state index is 0. The number of nitro benzene ring substituents is 1. The minimum atomic E-state index is -1.27. The summed E-state index contributed by atoms with van der Waals surface area (Å²) < 4.78 is 0. The van der Waals surface area contributed by atoms with Crippen LogP contribution in [0.15, 0.2) is 18.2 Å². The average molecular weight is 207 g/mol. The van der Waals surface area contributed by atoms with Crippen LogP contribution in [0.4, 0.5) is 5.69 Å². The van der Waals surface area contributed by atoms with Crippen LogP contribution >= 0.6 is 0 Å². The second kappa shape index (κ2) is 4.94. The maximum absolute atomic E-state index is 10.4. The molecule has 1 aromatic rings. The number of rotatable bonds is 2. The summed E-state index contributed by atoms with van der Waals surface area (Å²) in [5.41, 5.74) is -0.843. The van der Waals surface area contributed by atoms with Crippen LogP contribution in [-0.4, -0.2) is 50.7 Å². The van der Waals surface area contributed by atoms with E-state index in [1.54, 1.807) is 0 Å². The Kier molecular flexibility index (Phi) is 4.55. The van der Waals surface area contributed by atoms with Gasteiger partial charge in [0.05, 0.1) is 10.5 Å². The summed E-state index contributed by atoms with van der Waals surface area (Å²) >= 11 is 0. The zero-order valence-corrected chi connectivity index (χ0v) is 6.30. The SMILES string of the molecule is O=C(O)c1ccc(O)c([N+](=O)[O-])c1.[NaH]. The van der Waals surface area contributed by atoms with E-state index < -0.39 is 22.3 Å². The molecule has 0 aliphatic rings. The van der Waals surface area contributed by atoms with Gasteiger partial charge in [0.25, 0.3) is 0 Å². The van der Waals surface area contributed by atoms with Crippen molar-refractivity contribution >= 4 is 41.2 Å². The van der Waals surface area contributed by atoms with E-state index >= 15 is 0 Å². The van der Waals surface area contributed by atoms with Gasteiger partial charge >= 0.3 is 41.2 Å². The van der Waals surface area contributed by atoms with Crippen LogP contribution in [0.25, 0.3) is 0 Å². The summed E-state index contributed by atoms with van der Waals surface area (Å²) in [5.74, 6) is -1.82. The zero-order valence-electron chi connectivity index (χ0n) is 6.30. The number of hydrogen-bond donors (Lipinski definition) is 2. The molecule has 0 heterocycles. The molecule has 70 valence electrons. The molecule has 0 atom stereocenters. The molecule has 0 saturated carbocycles. The molecular weight excluding hydrogens is 201 g/mol. The molecular formula is C7H6NNaO5. The third-order valence-electron chi connectivity index (χ3n) is 1.42. The van der Waals surface area contributed by atoms with E-state index in [2.05, 4.69) is 0 Å². The number of carboxylic acid groups (broad SMARTS) is 1. The fraction of sp³-hybridized carbons (Fsp3) is 0. The van der Waals surface area contributed by atoms with Crippen LogP contribution in [0.1, 0.15) is 10.4 Å². The van der Waals surface area contributed by atoms with Gasteiger partial charge in [0.1, 0.15) is 0 Å².